The predicted molar refractivity (Wildman–Crippen MR) is 70.8 cm³/mol. The number of thioether (sulfide) groups is 1. The van der Waals surface area contributed by atoms with Crippen molar-refractivity contribution in [3.8, 4) is 0 Å². The Kier molecular flexibility index (Phi) is 5.12. The third kappa shape index (κ3) is 2.72. The van der Waals surface area contributed by atoms with Crippen molar-refractivity contribution in [3.05, 3.63) is 0 Å². The van der Waals surface area contributed by atoms with E-state index in [4.69, 9.17) is 0 Å². The van der Waals surface area contributed by atoms with Crippen LogP contribution in [0.25, 0.3) is 0 Å². The second kappa shape index (κ2) is 5.92. The first-order valence-corrected chi connectivity index (χ1v) is 7.43. The largest absolute Gasteiger partial charge is 0.342 e. The lowest BCUT2D eigenvalue weighted by Crippen LogP contribution is -2.47. The van der Waals surface area contributed by atoms with E-state index in [2.05, 4.69) is 25.4 Å². The highest BCUT2D eigenvalue weighted by Gasteiger charge is 2.41. The van der Waals surface area contributed by atoms with Crippen LogP contribution in [0.1, 0.15) is 26.7 Å². The zero-order valence-corrected chi connectivity index (χ0v) is 11.7. The molecule has 2 atom stereocenters. The number of carbonyl (C=O) groups is 1. The summed E-state index contributed by atoms with van der Waals surface area (Å²) >= 11 is 1.80. The molecular formula is C12H24N2OS. The zero-order chi connectivity index (χ0) is 12.2. The van der Waals surface area contributed by atoms with Crippen LogP contribution < -0.4 is 5.32 Å². The molecule has 1 aliphatic heterocycles. The van der Waals surface area contributed by atoms with Crippen LogP contribution in [-0.2, 0) is 4.79 Å². The van der Waals surface area contributed by atoms with Crippen molar-refractivity contribution in [1.82, 2.24) is 10.2 Å². The van der Waals surface area contributed by atoms with Crippen LogP contribution in [0.2, 0.25) is 0 Å². The third-order valence-electron chi connectivity index (χ3n) is 3.76. The van der Waals surface area contributed by atoms with Gasteiger partial charge in [0, 0.05) is 25.4 Å². The summed E-state index contributed by atoms with van der Waals surface area (Å²) in [5.41, 5.74) is -0.137. The fourth-order valence-corrected chi connectivity index (χ4v) is 3.01. The van der Waals surface area contributed by atoms with Gasteiger partial charge in [0.05, 0.1) is 5.41 Å². The molecule has 16 heavy (non-hydrogen) atoms. The molecule has 1 saturated heterocycles. The monoisotopic (exact) mass is 244 g/mol. The average molecular weight is 244 g/mol. The minimum absolute atomic E-state index is 0.137. The number of nitrogens with one attached hydrogen (secondary N) is 1. The zero-order valence-electron chi connectivity index (χ0n) is 10.9. The molecule has 0 aliphatic carbocycles. The molecule has 1 N–H and O–H groups in total. The Hall–Kier alpha value is -0.220. The normalized spacial score (nSPS) is 26.8. The molecule has 1 fully saturated rings. The smallest absolute Gasteiger partial charge is 0.230 e. The lowest BCUT2D eigenvalue weighted by Gasteiger charge is -2.34. The van der Waals surface area contributed by atoms with E-state index in [1.807, 2.05) is 11.9 Å². The van der Waals surface area contributed by atoms with Crippen molar-refractivity contribution >= 4 is 17.7 Å². The van der Waals surface area contributed by atoms with Crippen molar-refractivity contribution in [3.63, 3.8) is 0 Å². The minimum atomic E-state index is -0.137. The molecule has 0 aromatic rings. The van der Waals surface area contributed by atoms with Crippen molar-refractivity contribution < 1.29 is 4.79 Å². The Morgan fingerprint density at radius 1 is 1.62 bits per heavy atom. The molecule has 3 nitrogen and oxygen atoms in total. The van der Waals surface area contributed by atoms with E-state index in [0.717, 1.165) is 31.7 Å². The summed E-state index contributed by atoms with van der Waals surface area (Å²) in [6.07, 6.45) is 4.01. The molecule has 0 aromatic carbocycles. The van der Waals surface area contributed by atoms with Gasteiger partial charge in [-0.2, -0.15) is 11.8 Å². The molecule has 0 radical (unpaired) electrons. The Balaban J connectivity index is 2.67. The number of nitrogens with zero attached hydrogens (tertiary/aromatic N) is 1. The molecule has 2 unspecified atom stereocenters. The summed E-state index contributed by atoms with van der Waals surface area (Å²) in [5.74, 6) is 1.33. The van der Waals surface area contributed by atoms with Gasteiger partial charge in [-0.1, -0.05) is 6.92 Å². The number of carbonyl (C=O) groups excluding carboxylic acids is 1. The van der Waals surface area contributed by atoms with Gasteiger partial charge >= 0.3 is 0 Å². The van der Waals surface area contributed by atoms with Crippen LogP contribution in [0.15, 0.2) is 0 Å². The summed E-state index contributed by atoms with van der Waals surface area (Å²) < 4.78 is 0. The summed E-state index contributed by atoms with van der Waals surface area (Å²) in [5, 5.41) is 3.32. The van der Waals surface area contributed by atoms with Crippen LogP contribution in [0.5, 0.6) is 0 Å². The first-order valence-electron chi connectivity index (χ1n) is 6.04. The maximum atomic E-state index is 12.5. The summed E-state index contributed by atoms with van der Waals surface area (Å²) in [7, 11) is 1.94. The van der Waals surface area contributed by atoms with E-state index in [0.29, 0.717) is 11.9 Å². The summed E-state index contributed by atoms with van der Waals surface area (Å²) in [6.45, 7) is 6.07. The highest BCUT2D eigenvalue weighted by Crippen LogP contribution is 2.32. The van der Waals surface area contributed by atoms with Crippen molar-refractivity contribution in [1.29, 1.82) is 0 Å². The van der Waals surface area contributed by atoms with E-state index in [1.54, 1.807) is 11.8 Å². The lowest BCUT2D eigenvalue weighted by molar-refractivity contribution is -0.141. The van der Waals surface area contributed by atoms with Gasteiger partial charge in [0.15, 0.2) is 0 Å². The van der Waals surface area contributed by atoms with Crippen LogP contribution >= 0.6 is 11.8 Å². The molecule has 94 valence electrons. The first-order chi connectivity index (χ1) is 7.57. The van der Waals surface area contributed by atoms with Gasteiger partial charge in [-0.15, -0.1) is 0 Å². The highest BCUT2D eigenvalue weighted by molar-refractivity contribution is 7.98. The van der Waals surface area contributed by atoms with Crippen molar-refractivity contribution in [2.24, 2.45) is 5.41 Å². The summed E-state index contributed by atoms with van der Waals surface area (Å²) in [6, 6.07) is 0.325. The lowest BCUT2D eigenvalue weighted by atomic mass is 9.82. The Labute approximate surface area is 103 Å². The second-order valence-electron chi connectivity index (χ2n) is 4.78. The van der Waals surface area contributed by atoms with Gasteiger partial charge in [0.1, 0.15) is 0 Å². The summed E-state index contributed by atoms with van der Waals surface area (Å²) in [4.78, 5) is 14.4. The van der Waals surface area contributed by atoms with Gasteiger partial charge in [-0.3, -0.25) is 4.79 Å². The van der Waals surface area contributed by atoms with E-state index < -0.39 is 0 Å². The topological polar surface area (TPSA) is 32.3 Å². The third-order valence-corrected chi connectivity index (χ3v) is 4.58. The highest BCUT2D eigenvalue weighted by atomic mass is 32.2. The van der Waals surface area contributed by atoms with E-state index in [-0.39, 0.29) is 5.41 Å². The Bertz CT molecular complexity index is 239. The number of hydrogen-bond acceptors (Lipinski definition) is 3. The van der Waals surface area contributed by atoms with Gasteiger partial charge in [-0.25, -0.2) is 0 Å². The molecule has 0 bridgehead atoms. The van der Waals surface area contributed by atoms with E-state index in [1.165, 1.54) is 0 Å². The SMILES string of the molecule is CCC1(C(=O)N(C)C(C)CSC)CCNC1. The van der Waals surface area contributed by atoms with Crippen LogP contribution in [-0.4, -0.2) is 49.0 Å². The van der Waals surface area contributed by atoms with Crippen LogP contribution in [0, 0.1) is 5.41 Å². The minimum Gasteiger partial charge on any atom is -0.342 e. The molecule has 1 aliphatic rings. The maximum Gasteiger partial charge on any atom is 0.230 e. The van der Waals surface area contributed by atoms with Gasteiger partial charge in [-0.05, 0) is 32.6 Å². The van der Waals surface area contributed by atoms with Gasteiger partial charge in [0.25, 0.3) is 0 Å². The second-order valence-corrected chi connectivity index (χ2v) is 5.69. The molecule has 0 aromatic heterocycles. The molecule has 0 spiro atoms. The van der Waals surface area contributed by atoms with E-state index in [9.17, 15) is 4.79 Å². The van der Waals surface area contributed by atoms with Gasteiger partial charge < -0.3 is 10.2 Å². The molecule has 1 rings (SSSR count). The van der Waals surface area contributed by atoms with Crippen LogP contribution in [0.4, 0.5) is 0 Å². The molecular weight excluding hydrogens is 220 g/mol. The average Bonchev–Trinajstić information content (AvgIpc) is 2.77. The fourth-order valence-electron chi connectivity index (χ4n) is 2.31. The molecule has 4 heteroatoms. The maximum absolute atomic E-state index is 12.5. The number of rotatable bonds is 5. The number of amides is 1. The Morgan fingerprint density at radius 2 is 2.31 bits per heavy atom. The van der Waals surface area contributed by atoms with Crippen molar-refractivity contribution in [2.75, 3.05) is 32.1 Å². The fraction of sp³-hybridized carbons (Fsp3) is 0.917. The van der Waals surface area contributed by atoms with Crippen LogP contribution in [0.3, 0.4) is 0 Å². The number of hydrogen-bond donors (Lipinski definition) is 1. The molecule has 1 amide bonds. The predicted octanol–water partition coefficient (Wildman–Crippen LogP) is 1.59. The van der Waals surface area contributed by atoms with E-state index >= 15 is 0 Å². The first kappa shape index (κ1) is 13.8. The van der Waals surface area contributed by atoms with Gasteiger partial charge in [0.2, 0.25) is 5.91 Å². The Morgan fingerprint density at radius 3 is 2.75 bits per heavy atom. The molecule has 0 saturated carbocycles. The molecule has 1 heterocycles. The standard InChI is InChI=1S/C12H24N2OS/c1-5-12(6-7-13-9-12)11(15)14(3)10(2)8-16-4/h10,13H,5-9H2,1-4H3. The van der Waals surface area contributed by atoms with Crippen molar-refractivity contribution in [2.45, 2.75) is 32.7 Å². The quantitative estimate of drug-likeness (QED) is 0.797.